The zero-order valence-electron chi connectivity index (χ0n) is 18.3. The lowest BCUT2D eigenvalue weighted by Gasteiger charge is -2.39. The van der Waals surface area contributed by atoms with Crippen LogP contribution in [0.15, 0.2) is 12.3 Å². The topological polar surface area (TPSA) is 66.0 Å². The summed E-state index contributed by atoms with van der Waals surface area (Å²) in [6.45, 7) is 4.37. The van der Waals surface area contributed by atoms with Gasteiger partial charge in [-0.05, 0) is 31.7 Å². The second-order valence-corrected chi connectivity index (χ2v) is 9.26. The second-order valence-electron chi connectivity index (χ2n) is 8.85. The summed E-state index contributed by atoms with van der Waals surface area (Å²) >= 11 is 6.08. The Kier molecular flexibility index (Phi) is 7.33. The van der Waals surface area contributed by atoms with Crippen LogP contribution in [0.3, 0.4) is 0 Å². The summed E-state index contributed by atoms with van der Waals surface area (Å²) in [6, 6.07) is 0.889. The molecule has 1 unspecified atom stereocenters. The van der Waals surface area contributed by atoms with Crippen molar-refractivity contribution in [2.24, 2.45) is 11.8 Å². The minimum absolute atomic E-state index is 0.0462. The van der Waals surface area contributed by atoms with E-state index in [1.54, 1.807) is 0 Å². The molecule has 2 amide bonds. The number of morpholine rings is 1. The molecule has 3 aliphatic heterocycles. The van der Waals surface area contributed by atoms with Crippen molar-refractivity contribution in [3.63, 3.8) is 0 Å². The van der Waals surface area contributed by atoms with E-state index < -0.39 is 11.7 Å². The van der Waals surface area contributed by atoms with Gasteiger partial charge in [0.1, 0.15) is 5.82 Å². The second kappa shape index (κ2) is 10.0. The molecule has 0 aliphatic carbocycles. The number of carbonyl (C=O) groups excluding carboxylic acids is 2. The highest BCUT2D eigenvalue weighted by molar-refractivity contribution is 6.33. The van der Waals surface area contributed by atoms with Gasteiger partial charge in [0.25, 0.3) is 0 Å². The number of nitrogens with zero attached hydrogens (tertiary/aromatic N) is 4. The molecule has 7 nitrogen and oxygen atoms in total. The van der Waals surface area contributed by atoms with Crippen LogP contribution in [-0.4, -0.2) is 79.1 Å². The first kappa shape index (κ1) is 24.1. The van der Waals surface area contributed by atoms with Crippen LogP contribution in [0.25, 0.3) is 0 Å². The lowest BCUT2D eigenvalue weighted by Crippen LogP contribution is -2.51. The van der Waals surface area contributed by atoms with Gasteiger partial charge in [-0.2, -0.15) is 13.2 Å². The standard InChI is InChI=1S/C22H28ClF3N4O3/c23-18-12-17(22(24,25)26)13-27-19(18)28-6-3-15(4-7-28)20(31)30-5-1-2-16(14-30)21(32)29-8-10-33-11-9-29/h12-13,15-16H,1-11,14H2. The van der Waals surface area contributed by atoms with E-state index in [0.717, 1.165) is 25.1 Å². The van der Waals surface area contributed by atoms with Gasteiger partial charge in [0.2, 0.25) is 11.8 Å². The Balaban J connectivity index is 1.32. The molecule has 0 N–H and O–H groups in total. The Morgan fingerprint density at radius 2 is 1.64 bits per heavy atom. The molecule has 3 aliphatic rings. The maximum absolute atomic E-state index is 13.2. The van der Waals surface area contributed by atoms with Crippen LogP contribution in [0.5, 0.6) is 0 Å². The van der Waals surface area contributed by atoms with Crippen molar-refractivity contribution in [1.82, 2.24) is 14.8 Å². The van der Waals surface area contributed by atoms with Crippen LogP contribution >= 0.6 is 11.6 Å². The molecule has 0 bridgehead atoms. The third-order valence-corrected chi connectivity index (χ3v) is 6.98. The fourth-order valence-electron chi connectivity index (χ4n) is 4.84. The van der Waals surface area contributed by atoms with Crippen molar-refractivity contribution >= 4 is 29.2 Å². The number of alkyl halides is 3. The monoisotopic (exact) mass is 488 g/mol. The van der Waals surface area contributed by atoms with Crippen molar-refractivity contribution in [2.75, 3.05) is 57.4 Å². The molecule has 1 atom stereocenters. The number of anilines is 1. The molecule has 1 aromatic rings. The SMILES string of the molecule is O=C(C1CCCN(C(=O)C2CCN(c3ncc(C(F)(F)F)cc3Cl)CC2)C1)N1CCOCC1. The predicted octanol–water partition coefficient (Wildman–Crippen LogP) is 3.07. The summed E-state index contributed by atoms with van der Waals surface area (Å²) in [5, 5.41) is -0.0462. The average molecular weight is 489 g/mol. The van der Waals surface area contributed by atoms with Gasteiger partial charge in [-0.3, -0.25) is 9.59 Å². The predicted molar refractivity (Wildman–Crippen MR) is 116 cm³/mol. The van der Waals surface area contributed by atoms with Crippen LogP contribution in [0.2, 0.25) is 5.02 Å². The highest BCUT2D eigenvalue weighted by atomic mass is 35.5. The normalized spacial score (nSPS) is 23.0. The number of pyridine rings is 1. The van der Waals surface area contributed by atoms with E-state index in [-0.39, 0.29) is 28.7 Å². The van der Waals surface area contributed by atoms with E-state index in [1.165, 1.54) is 0 Å². The van der Waals surface area contributed by atoms with Crippen molar-refractivity contribution < 1.29 is 27.5 Å². The summed E-state index contributed by atoms with van der Waals surface area (Å²) in [5.74, 6) is 0.127. The Bertz CT molecular complexity index is 871. The highest BCUT2D eigenvalue weighted by Gasteiger charge is 2.36. The van der Waals surface area contributed by atoms with Gasteiger partial charge in [-0.15, -0.1) is 0 Å². The van der Waals surface area contributed by atoms with Gasteiger partial charge in [0, 0.05) is 51.4 Å². The minimum Gasteiger partial charge on any atom is -0.378 e. The fourth-order valence-corrected chi connectivity index (χ4v) is 5.12. The van der Waals surface area contributed by atoms with Gasteiger partial charge in [-0.1, -0.05) is 11.6 Å². The lowest BCUT2D eigenvalue weighted by molar-refractivity contribution is -0.145. The molecule has 11 heteroatoms. The third kappa shape index (κ3) is 5.54. The first-order chi connectivity index (χ1) is 15.7. The number of piperidine rings is 2. The van der Waals surface area contributed by atoms with E-state index in [0.29, 0.717) is 71.1 Å². The number of likely N-dealkylation sites (tertiary alicyclic amines) is 1. The maximum Gasteiger partial charge on any atom is 0.417 e. The summed E-state index contributed by atoms with van der Waals surface area (Å²) < 4.78 is 43.9. The van der Waals surface area contributed by atoms with E-state index in [1.807, 2.05) is 14.7 Å². The molecule has 0 saturated carbocycles. The van der Waals surface area contributed by atoms with Gasteiger partial charge >= 0.3 is 6.18 Å². The molecule has 0 aromatic carbocycles. The molecular formula is C22H28ClF3N4O3. The van der Waals surface area contributed by atoms with Crippen LogP contribution in [0.1, 0.15) is 31.2 Å². The van der Waals surface area contributed by atoms with E-state index in [2.05, 4.69) is 4.98 Å². The molecule has 33 heavy (non-hydrogen) atoms. The lowest BCUT2D eigenvalue weighted by atomic mass is 9.91. The number of ether oxygens (including phenoxy) is 1. The van der Waals surface area contributed by atoms with Crippen LogP contribution in [0.4, 0.5) is 19.0 Å². The molecule has 4 rings (SSSR count). The number of amides is 2. The largest absolute Gasteiger partial charge is 0.417 e. The Morgan fingerprint density at radius 1 is 0.970 bits per heavy atom. The Labute approximate surface area is 195 Å². The third-order valence-electron chi connectivity index (χ3n) is 6.70. The molecular weight excluding hydrogens is 461 g/mol. The number of rotatable bonds is 3. The first-order valence-electron chi connectivity index (χ1n) is 11.4. The Hall–Kier alpha value is -2.07. The van der Waals surface area contributed by atoms with E-state index in [4.69, 9.17) is 16.3 Å². The van der Waals surface area contributed by atoms with Crippen molar-refractivity contribution in [2.45, 2.75) is 31.9 Å². The van der Waals surface area contributed by atoms with Gasteiger partial charge in [-0.25, -0.2) is 4.98 Å². The van der Waals surface area contributed by atoms with Crippen molar-refractivity contribution in [3.8, 4) is 0 Å². The zero-order chi connectivity index (χ0) is 23.6. The quantitative estimate of drug-likeness (QED) is 0.654. The number of carbonyl (C=O) groups is 2. The van der Waals surface area contributed by atoms with E-state index in [9.17, 15) is 22.8 Å². The molecule has 4 heterocycles. The molecule has 3 fully saturated rings. The summed E-state index contributed by atoms with van der Waals surface area (Å²) in [5.41, 5.74) is -0.882. The fraction of sp³-hybridized carbons (Fsp3) is 0.682. The van der Waals surface area contributed by atoms with E-state index >= 15 is 0 Å². The number of hydrogen-bond donors (Lipinski definition) is 0. The summed E-state index contributed by atoms with van der Waals surface area (Å²) in [7, 11) is 0. The average Bonchev–Trinajstić information content (AvgIpc) is 2.83. The molecule has 0 spiro atoms. The molecule has 3 saturated heterocycles. The van der Waals surface area contributed by atoms with Crippen LogP contribution in [-0.2, 0) is 20.5 Å². The smallest absolute Gasteiger partial charge is 0.378 e. The summed E-state index contributed by atoms with van der Waals surface area (Å²) in [6.07, 6.45) is -0.984. The van der Waals surface area contributed by atoms with Crippen LogP contribution < -0.4 is 4.90 Å². The Morgan fingerprint density at radius 3 is 2.27 bits per heavy atom. The highest BCUT2D eigenvalue weighted by Crippen LogP contribution is 2.35. The van der Waals surface area contributed by atoms with Gasteiger partial charge < -0.3 is 19.4 Å². The molecule has 182 valence electrons. The molecule has 0 radical (unpaired) electrons. The zero-order valence-corrected chi connectivity index (χ0v) is 19.1. The number of hydrogen-bond acceptors (Lipinski definition) is 5. The minimum atomic E-state index is -4.50. The van der Waals surface area contributed by atoms with Crippen molar-refractivity contribution in [1.29, 1.82) is 0 Å². The van der Waals surface area contributed by atoms with Crippen LogP contribution in [0, 0.1) is 11.8 Å². The number of aromatic nitrogens is 1. The van der Waals surface area contributed by atoms with Gasteiger partial charge in [0.05, 0.1) is 29.7 Å². The molecule has 1 aromatic heterocycles. The first-order valence-corrected chi connectivity index (χ1v) is 11.7. The summed E-state index contributed by atoms with van der Waals surface area (Å²) in [4.78, 5) is 35.4. The van der Waals surface area contributed by atoms with Crippen molar-refractivity contribution in [3.05, 3.63) is 22.8 Å². The number of halogens is 4. The maximum atomic E-state index is 13.2. The van der Waals surface area contributed by atoms with Gasteiger partial charge in [0.15, 0.2) is 0 Å².